The Morgan fingerprint density at radius 1 is 1.47 bits per heavy atom. The number of esters is 1. The third kappa shape index (κ3) is 2.96. The summed E-state index contributed by atoms with van der Waals surface area (Å²) < 4.78 is 10.3. The molecule has 2 heterocycles. The number of hydrogen-bond donors (Lipinski definition) is 1. The minimum atomic E-state index is -0.357. The number of rotatable bonds is 4. The van der Waals surface area contributed by atoms with E-state index in [-0.39, 0.29) is 12.0 Å². The molecule has 19 heavy (non-hydrogen) atoms. The summed E-state index contributed by atoms with van der Waals surface area (Å²) in [5.74, 6) is 1.35. The molecule has 0 fully saturated rings. The Balaban J connectivity index is 2.13. The highest BCUT2D eigenvalue weighted by Crippen LogP contribution is 2.27. The van der Waals surface area contributed by atoms with Gasteiger partial charge in [0, 0.05) is 0 Å². The smallest absolute Gasteiger partial charge is 0.350 e. The molecule has 1 N–H and O–H groups in total. The number of methoxy groups -OCH3 is 1. The van der Waals surface area contributed by atoms with Crippen molar-refractivity contribution in [3.63, 3.8) is 0 Å². The molecule has 1 unspecified atom stereocenters. The third-order valence-electron chi connectivity index (χ3n) is 2.70. The summed E-state index contributed by atoms with van der Waals surface area (Å²) in [5.41, 5.74) is 0.669. The van der Waals surface area contributed by atoms with Crippen LogP contribution in [0.25, 0.3) is 0 Å². The minimum Gasteiger partial charge on any atom is -0.465 e. The van der Waals surface area contributed by atoms with Gasteiger partial charge in [0.2, 0.25) is 0 Å². The Morgan fingerprint density at radius 2 is 2.21 bits per heavy atom. The van der Waals surface area contributed by atoms with Gasteiger partial charge in [0.25, 0.3) is 0 Å². The number of carbonyl (C=O) groups excluding carboxylic acids is 1. The average Bonchev–Trinajstić information content (AvgIpc) is 2.95. The summed E-state index contributed by atoms with van der Waals surface area (Å²) in [5, 5.41) is 3.90. The lowest BCUT2D eigenvalue weighted by molar-refractivity contribution is 0.0605. The van der Waals surface area contributed by atoms with Crippen molar-refractivity contribution in [2.45, 2.75) is 26.8 Å². The van der Waals surface area contributed by atoms with Crippen LogP contribution in [0.1, 0.15) is 39.9 Å². The predicted octanol–water partition coefficient (Wildman–Crippen LogP) is 3.31. The van der Waals surface area contributed by atoms with Crippen molar-refractivity contribution >= 4 is 22.4 Å². The van der Waals surface area contributed by atoms with Gasteiger partial charge in [-0.3, -0.25) is 0 Å². The summed E-state index contributed by atoms with van der Waals surface area (Å²) in [7, 11) is 1.36. The molecule has 2 aromatic rings. The van der Waals surface area contributed by atoms with Crippen molar-refractivity contribution in [2.24, 2.45) is 0 Å². The second-order valence-corrected chi connectivity index (χ2v) is 5.24. The van der Waals surface area contributed by atoms with Gasteiger partial charge in [0.1, 0.15) is 16.4 Å². The highest BCUT2D eigenvalue weighted by Gasteiger charge is 2.17. The first kappa shape index (κ1) is 13.6. The van der Waals surface area contributed by atoms with Crippen molar-refractivity contribution in [3.8, 4) is 0 Å². The van der Waals surface area contributed by atoms with E-state index in [4.69, 9.17) is 9.15 Å². The van der Waals surface area contributed by atoms with E-state index in [9.17, 15) is 4.79 Å². The van der Waals surface area contributed by atoms with E-state index < -0.39 is 0 Å². The zero-order valence-electron chi connectivity index (χ0n) is 11.3. The van der Waals surface area contributed by atoms with Crippen LogP contribution < -0.4 is 5.32 Å². The summed E-state index contributed by atoms with van der Waals surface area (Å²) in [6.07, 6.45) is 0. The van der Waals surface area contributed by atoms with E-state index in [1.54, 1.807) is 6.92 Å². The van der Waals surface area contributed by atoms with Crippen molar-refractivity contribution in [1.82, 2.24) is 4.98 Å². The molecule has 0 bridgehead atoms. The molecule has 102 valence electrons. The first-order valence-corrected chi connectivity index (χ1v) is 6.71. The second-order valence-electron chi connectivity index (χ2n) is 4.24. The maximum Gasteiger partial charge on any atom is 0.350 e. The standard InChI is InChI=1S/C13H16N2O3S/c1-7-5-6-10(18-7)8(2)14-13-15-9(3)11(19-13)12(16)17-4/h5-6,8H,1-4H3,(H,14,15). The van der Waals surface area contributed by atoms with Crippen molar-refractivity contribution in [1.29, 1.82) is 0 Å². The predicted molar refractivity (Wildman–Crippen MR) is 73.7 cm³/mol. The Kier molecular flexibility index (Phi) is 3.90. The number of aryl methyl sites for hydroxylation is 2. The molecule has 2 aromatic heterocycles. The van der Waals surface area contributed by atoms with Gasteiger partial charge in [-0.2, -0.15) is 0 Å². The fraction of sp³-hybridized carbons (Fsp3) is 0.385. The quantitative estimate of drug-likeness (QED) is 0.870. The van der Waals surface area contributed by atoms with Gasteiger partial charge in [-0.15, -0.1) is 0 Å². The maximum absolute atomic E-state index is 11.5. The van der Waals surface area contributed by atoms with Crippen LogP contribution in [0.4, 0.5) is 5.13 Å². The Hall–Kier alpha value is -1.82. The van der Waals surface area contributed by atoms with Gasteiger partial charge in [-0.05, 0) is 32.9 Å². The number of anilines is 1. The molecular formula is C13H16N2O3S. The van der Waals surface area contributed by atoms with Gasteiger partial charge in [-0.25, -0.2) is 9.78 Å². The lowest BCUT2D eigenvalue weighted by atomic mass is 10.2. The van der Waals surface area contributed by atoms with Crippen LogP contribution in [0.2, 0.25) is 0 Å². The summed E-state index contributed by atoms with van der Waals surface area (Å²) in [6, 6.07) is 3.83. The molecule has 0 amide bonds. The SMILES string of the molecule is COC(=O)c1sc(NC(C)c2ccc(C)o2)nc1C. The molecule has 0 radical (unpaired) electrons. The Bertz CT molecular complexity index is 588. The lowest BCUT2D eigenvalue weighted by Gasteiger charge is -2.09. The molecule has 0 spiro atoms. The fourth-order valence-corrected chi connectivity index (χ4v) is 2.65. The third-order valence-corrected chi connectivity index (χ3v) is 3.76. The first-order valence-electron chi connectivity index (χ1n) is 5.90. The zero-order chi connectivity index (χ0) is 14.0. The minimum absolute atomic E-state index is 0.00949. The van der Waals surface area contributed by atoms with Crippen LogP contribution in [0.5, 0.6) is 0 Å². The maximum atomic E-state index is 11.5. The van der Waals surface area contributed by atoms with Crippen molar-refractivity contribution < 1.29 is 13.9 Å². The Morgan fingerprint density at radius 3 is 2.79 bits per heavy atom. The molecular weight excluding hydrogens is 264 g/mol. The van der Waals surface area contributed by atoms with E-state index in [0.29, 0.717) is 15.7 Å². The van der Waals surface area contributed by atoms with Crippen LogP contribution >= 0.6 is 11.3 Å². The molecule has 2 rings (SSSR count). The number of thiazole rings is 1. The summed E-state index contributed by atoms with van der Waals surface area (Å²) in [4.78, 5) is 16.3. The molecule has 5 nitrogen and oxygen atoms in total. The monoisotopic (exact) mass is 280 g/mol. The van der Waals surface area contributed by atoms with Crippen LogP contribution in [0, 0.1) is 13.8 Å². The highest BCUT2D eigenvalue weighted by atomic mass is 32.1. The van der Waals surface area contributed by atoms with Gasteiger partial charge in [0.05, 0.1) is 18.8 Å². The molecule has 0 aromatic carbocycles. The molecule has 0 aliphatic rings. The van der Waals surface area contributed by atoms with E-state index in [1.807, 2.05) is 26.0 Å². The second kappa shape index (κ2) is 5.44. The number of furan rings is 1. The molecule has 6 heteroatoms. The van der Waals surface area contributed by atoms with E-state index >= 15 is 0 Å². The molecule has 1 atom stereocenters. The van der Waals surface area contributed by atoms with Crippen LogP contribution in [-0.2, 0) is 4.74 Å². The summed E-state index contributed by atoms with van der Waals surface area (Å²) >= 11 is 1.28. The number of ether oxygens (including phenoxy) is 1. The number of nitrogens with zero attached hydrogens (tertiary/aromatic N) is 1. The van der Waals surface area contributed by atoms with Crippen LogP contribution in [0.15, 0.2) is 16.5 Å². The number of hydrogen-bond acceptors (Lipinski definition) is 6. The van der Waals surface area contributed by atoms with E-state index in [1.165, 1.54) is 18.4 Å². The Labute approximate surface area is 115 Å². The molecule has 0 aliphatic carbocycles. The lowest BCUT2D eigenvalue weighted by Crippen LogP contribution is -2.05. The van der Waals surface area contributed by atoms with Crippen molar-refractivity contribution in [2.75, 3.05) is 12.4 Å². The van der Waals surface area contributed by atoms with Gasteiger partial charge in [0.15, 0.2) is 5.13 Å². The topological polar surface area (TPSA) is 64.4 Å². The average molecular weight is 280 g/mol. The van der Waals surface area contributed by atoms with Gasteiger partial charge in [-0.1, -0.05) is 11.3 Å². The number of aromatic nitrogens is 1. The van der Waals surface area contributed by atoms with Crippen LogP contribution in [-0.4, -0.2) is 18.1 Å². The highest BCUT2D eigenvalue weighted by molar-refractivity contribution is 7.17. The van der Waals surface area contributed by atoms with Gasteiger partial charge >= 0.3 is 5.97 Å². The molecule has 0 aliphatic heterocycles. The normalized spacial score (nSPS) is 12.2. The number of carbonyl (C=O) groups is 1. The molecule has 0 saturated heterocycles. The zero-order valence-corrected chi connectivity index (χ0v) is 12.1. The van der Waals surface area contributed by atoms with E-state index in [2.05, 4.69) is 10.3 Å². The largest absolute Gasteiger partial charge is 0.465 e. The molecule has 0 saturated carbocycles. The fourth-order valence-electron chi connectivity index (χ4n) is 1.68. The number of nitrogens with one attached hydrogen (secondary N) is 1. The summed E-state index contributed by atoms with van der Waals surface area (Å²) in [6.45, 7) is 5.67. The van der Waals surface area contributed by atoms with Gasteiger partial charge < -0.3 is 14.5 Å². The van der Waals surface area contributed by atoms with E-state index in [0.717, 1.165) is 11.5 Å². The van der Waals surface area contributed by atoms with Crippen LogP contribution in [0.3, 0.4) is 0 Å². The first-order chi connectivity index (χ1) is 9.01. The van der Waals surface area contributed by atoms with Crippen molar-refractivity contribution in [3.05, 3.63) is 34.2 Å².